The van der Waals surface area contributed by atoms with Crippen molar-refractivity contribution in [1.29, 1.82) is 0 Å². The van der Waals surface area contributed by atoms with Gasteiger partial charge >= 0.3 is 0 Å². The molecule has 0 saturated heterocycles. The molecule has 10 heavy (non-hydrogen) atoms. The molecule has 0 aliphatic carbocycles. The lowest BCUT2D eigenvalue weighted by molar-refractivity contribution is -0.127. The molecule has 60 valence electrons. The number of amides is 1. The predicted octanol–water partition coefficient (Wildman–Crippen LogP) is 0.454. The molecule has 1 amide bonds. The van der Waals surface area contributed by atoms with E-state index in [1.807, 2.05) is 0 Å². The van der Waals surface area contributed by atoms with Crippen molar-refractivity contribution in [3.63, 3.8) is 0 Å². The maximum Gasteiger partial charge on any atom is 0.238 e. The number of hydrazine groups is 1. The molecule has 0 radical (unpaired) electrons. The quantitative estimate of drug-likeness (QED) is 0.486. The van der Waals surface area contributed by atoms with Crippen molar-refractivity contribution >= 4 is 17.5 Å². The Kier molecular flexibility index (Phi) is 4.40. The average molecular weight is 165 g/mol. The number of carbonyl (C=O) groups excluding carboxylic acids is 1. The third-order valence-corrected chi connectivity index (χ3v) is 1.48. The molecule has 0 aromatic heterocycles. The van der Waals surface area contributed by atoms with Crippen LogP contribution in [0.5, 0.6) is 0 Å². The molecule has 0 heterocycles. The highest BCUT2D eigenvalue weighted by atomic mass is 35.5. The summed E-state index contributed by atoms with van der Waals surface area (Å²) >= 11 is 5.45. The maximum absolute atomic E-state index is 10.9. The predicted molar refractivity (Wildman–Crippen MR) is 41.7 cm³/mol. The second kappa shape index (κ2) is 4.52. The van der Waals surface area contributed by atoms with Crippen LogP contribution >= 0.6 is 11.6 Å². The fourth-order valence-corrected chi connectivity index (χ4v) is 0.541. The van der Waals surface area contributed by atoms with E-state index in [1.165, 1.54) is 0 Å². The van der Waals surface area contributed by atoms with E-state index in [-0.39, 0.29) is 11.8 Å². The average Bonchev–Trinajstić information content (AvgIpc) is 1.85. The molecular weight excluding hydrogens is 152 g/mol. The highest BCUT2D eigenvalue weighted by molar-refractivity contribution is 6.19. The van der Waals surface area contributed by atoms with Crippen LogP contribution in [0.3, 0.4) is 0 Å². The van der Waals surface area contributed by atoms with Gasteiger partial charge in [-0.25, -0.2) is 5.01 Å². The summed E-state index contributed by atoms with van der Waals surface area (Å²) in [5.74, 6) is 0.198. The minimum atomic E-state index is -0.121. The van der Waals surface area contributed by atoms with E-state index in [0.29, 0.717) is 5.88 Å². The largest absolute Gasteiger partial charge is 0.289 e. The molecule has 1 unspecified atom stereocenters. The van der Waals surface area contributed by atoms with E-state index >= 15 is 0 Å². The Bertz CT molecular complexity index is 116. The van der Waals surface area contributed by atoms with E-state index in [4.69, 9.17) is 11.6 Å². The van der Waals surface area contributed by atoms with Gasteiger partial charge in [0.1, 0.15) is 0 Å². The van der Waals surface area contributed by atoms with Crippen LogP contribution in [0.4, 0.5) is 0 Å². The summed E-state index contributed by atoms with van der Waals surface area (Å²) in [5, 5.41) is 1.60. The SMILES string of the molecule is CC(CCl)C(=O)NN(C)C. The number of halogens is 1. The summed E-state index contributed by atoms with van der Waals surface area (Å²) in [4.78, 5) is 10.9. The maximum atomic E-state index is 10.9. The van der Waals surface area contributed by atoms with Crippen LogP contribution in [0, 0.1) is 5.92 Å². The number of hydrogen-bond donors (Lipinski definition) is 1. The molecule has 0 rings (SSSR count). The number of hydrogen-bond acceptors (Lipinski definition) is 2. The lowest BCUT2D eigenvalue weighted by atomic mass is 10.2. The van der Waals surface area contributed by atoms with Crippen molar-refractivity contribution in [2.24, 2.45) is 5.92 Å². The zero-order valence-electron chi connectivity index (χ0n) is 6.52. The zero-order chi connectivity index (χ0) is 8.15. The van der Waals surface area contributed by atoms with Crippen molar-refractivity contribution in [3.05, 3.63) is 0 Å². The molecule has 0 aliphatic rings. The molecule has 1 N–H and O–H groups in total. The van der Waals surface area contributed by atoms with E-state index < -0.39 is 0 Å². The minimum absolute atomic E-state index is 0.0417. The minimum Gasteiger partial charge on any atom is -0.289 e. The first-order valence-electron chi connectivity index (χ1n) is 3.11. The Morgan fingerprint density at radius 1 is 1.70 bits per heavy atom. The fraction of sp³-hybridized carbons (Fsp3) is 0.833. The molecule has 0 spiro atoms. The third kappa shape index (κ3) is 3.69. The Hall–Kier alpha value is -0.280. The third-order valence-electron chi connectivity index (χ3n) is 1.01. The number of nitrogens with zero attached hydrogens (tertiary/aromatic N) is 1. The van der Waals surface area contributed by atoms with Gasteiger partial charge in [0.2, 0.25) is 5.91 Å². The molecule has 0 saturated carbocycles. The molecule has 4 heteroatoms. The van der Waals surface area contributed by atoms with Crippen LogP contribution in [-0.2, 0) is 4.79 Å². The van der Waals surface area contributed by atoms with Gasteiger partial charge in [0, 0.05) is 25.9 Å². The van der Waals surface area contributed by atoms with Gasteiger partial charge in [-0.05, 0) is 0 Å². The Balaban J connectivity index is 3.62. The molecule has 0 aliphatic heterocycles. The van der Waals surface area contributed by atoms with Crippen LogP contribution in [0.15, 0.2) is 0 Å². The van der Waals surface area contributed by atoms with Crippen molar-refractivity contribution < 1.29 is 4.79 Å². The van der Waals surface area contributed by atoms with E-state index in [1.54, 1.807) is 26.0 Å². The van der Waals surface area contributed by atoms with Gasteiger partial charge in [0.25, 0.3) is 0 Å². The first kappa shape index (κ1) is 9.72. The van der Waals surface area contributed by atoms with Crippen LogP contribution in [0.1, 0.15) is 6.92 Å². The second-order valence-electron chi connectivity index (χ2n) is 2.43. The van der Waals surface area contributed by atoms with Crippen LogP contribution in [-0.4, -0.2) is 30.9 Å². The number of carbonyl (C=O) groups is 1. The highest BCUT2D eigenvalue weighted by Crippen LogP contribution is 1.96. The summed E-state index contributed by atoms with van der Waals surface area (Å²) in [6, 6.07) is 0. The van der Waals surface area contributed by atoms with Gasteiger partial charge < -0.3 is 0 Å². The lowest BCUT2D eigenvalue weighted by Gasteiger charge is -2.14. The first-order chi connectivity index (χ1) is 4.57. The molecule has 0 fully saturated rings. The molecule has 1 atom stereocenters. The summed E-state index contributed by atoms with van der Waals surface area (Å²) in [6.07, 6.45) is 0. The van der Waals surface area contributed by atoms with Gasteiger partial charge in [-0.2, -0.15) is 0 Å². The smallest absolute Gasteiger partial charge is 0.238 e. The normalized spacial score (nSPS) is 13.3. The van der Waals surface area contributed by atoms with E-state index in [0.717, 1.165) is 0 Å². The Morgan fingerprint density at radius 3 is 2.50 bits per heavy atom. The van der Waals surface area contributed by atoms with Crippen LogP contribution in [0.25, 0.3) is 0 Å². The monoisotopic (exact) mass is 164 g/mol. The number of alkyl halides is 1. The van der Waals surface area contributed by atoms with Crippen molar-refractivity contribution in [1.82, 2.24) is 10.4 Å². The molecule has 0 aromatic carbocycles. The lowest BCUT2D eigenvalue weighted by Crippen LogP contribution is -2.39. The van der Waals surface area contributed by atoms with Crippen LogP contribution < -0.4 is 5.43 Å². The standard InChI is InChI=1S/C6H13ClN2O/c1-5(4-7)6(10)8-9(2)3/h5H,4H2,1-3H3,(H,8,10). The second-order valence-corrected chi connectivity index (χ2v) is 2.73. The summed E-state index contributed by atoms with van der Waals surface area (Å²) in [7, 11) is 3.53. The summed E-state index contributed by atoms with van der Waals surface area (Å²) in [6.45, 7) is 1.78. The zero-order valence-corrected chi connectivity index (χ0v) is 7.27. The molecule has 0 bridgehead atoms. The molecular formula is C6H13ClN2O. The fourth-order valence-electron chi connectivity index (χ4n) is 0.401. The molecule has 0 aromatic rings. The molecule has 3 nitrogen and oxygen atoms in total. The summed E-state index contributed by atoms with van der Waals surface area (Å²) in [5.41, 5.74) is 2.60. The van der Waals surface area contributed by atoms with Crippen molar-refractivity contribution in [2.45, 2.75) is 6.92 Å². The van der Waals surface area contributed by atoms with Crippen LogP contribution in [0.2, 0.25) is 0 Å². The van der Waals surface area contributed by atoms with Gasteiger partial charge in [-0.15, -0.1) is 11.6 Å². The van der Waals surface area contributed by atoms with Crippen molar-refractivity contribution in [2.75, 3.05) is 20.0 Å². The summed E-state index contributed by atoms with van der Waals surface area (Å²) < 4.78 is 0. The topological polar surface area (TPSA) is 32.3 Å². The Morgan fingerprint density at radius 2 is 2.20 bits per heavy atom. The first-order valence-corrected chi connectivity index (χ1v) is 3.65. The van der Waals surface area contributed by atoms with E-state index in [2.05, 4.69) is 5.43 Å². The van der Waals surface area contributed by atoms with Gasteiger partial charge in [0.05, 0.1) is 0 Å². The highest BCUT2D eigenvalue weighted by Gasteiger charge is 2.10. The number of nitrogens with one attached hydrogen (secondary N) is 1. The van der Waals surface area contributed by atoms with E-state index in [9.17, 15) is 4.79 Å². The van der Waals surface area contributed by atoms with Gasteiger partial charge in [0.15, 0.2) is 0 Å². The number of rotatable bonds is 3. The van der Waals surface area contributed by atoms with Gasteiger partial charge in [-0.3, -0.25) is 10.2 Å². The van der Waals surface area contributed by atoms with Crippen molar-refractivity contribution in [3.8, 4) is 0 Å². The Labute approximate surface area is 66.3 Å². The van der Waals surface area contributed by atoms with Gasteiger partial charge in [-0.1, -0.05) is 6.92 Å².